The van der Waals surface area contributed by atoms with Crippen molar-refractivity contribution < 1.29 is 4.92 Å². The zero-order chi connectivity index (χ0) is 17.9. The molecule has 0 atom stereocenters. The van der Waals surface area contributed by atoms with Crippen LogP contribution in [0.15, 0.2) is 30.3 Å². The Bertz CT molecular complexity index is 836. The van der Waals surface area contributed by atoms with E-state index < -0.39 is 0 Å². The molecule has 0 aliphatic heterocycles. The first-order valence-electron chi connectivity index (χ1n) is 8.44. The van der Waals surface area contributed by atoms with E-state index in [0.717, 1.165) is 28.7 Å². The quantitative estimate of drug-likeness (QED) is 0.422. The highest BCUT2D eigenvalue weighted by Crippen LogP contribution is 2.45. The molecule has 0 amide bonds. The van der Waals surface area contributed by atoms with Crippen LogP contribution in [-0.2, 0) is 17.3 Å². The summed E-state index contributed by atoms with van der Waals surface area (Å²) < 4.78 is 0. The topological polar surface area (TPSA) is 43.1 Å². The van der Waals surface area contributed by atoms with Crippen LogP contribution in [-0.4, -0.2) is 4.92 Å². The highest BCUT2D eigenvalue weighted by Gasteiger charge is 2.31. The molecule has 126 valence electrons. The van der Waals surface area contributed by atoms with Crippen LogP contribution in [0.2, 0.25) is 0 Å². The lowest BCUT2D eigenvalue weighted by atomic mass is 9.84. The molecular weight excluding hydrogens is 298 g/mol. The Balaban J connectivity index is 2.22. The zero-order valence-electron chi connectivity index (χ0n) is 15.4. The van der Waals surface area contributed by atoms with Crippen LogP contribution in [0.5, 0.6) is 0 Å². The molecule has 0 saturated carbocycles. The average molecular weight is 323 g/mol. The van der Waals surface area contributed by atoms with Gasteiger partial charge in [-0.1, -0.05) is 65.8 Å². The van der Waals surface area contributed by atoms with Crippen molar-refractivity contribution in [1.29, 1.82) is 0 Å². The van der Waals surface area contributed by atoms with Gasteiger partial charge in [0.1, 0.15) is 0 Å². The van der Waals surface area contributed by atoms with Gasteiger partial charge in [-0.2, -0.15) is 0 Å². The third kappa shape index (κ3) is 2.72. The van der Waals surface area contributed by atoms with E-state index in [9.17, 15) is 10.1 Å². The molecule has 0 bridgehead atoms. The van der Waals surface area contributed by atoms with E-state index in [1.165, 1.54) is 11.1 Å². The Morgan fingerprint density at radius 2 is 1.46 bits per heavy atom. The Hall–Kier alpha value is -2.16. The first kappa shape index (κ1) is 16.7. The van der Waals surface area contributed by atoms with Crippen molar-refractivity contribution in [2.45, 2.75) is 58.8 Å². The van der Waals surface area contributed by atoms with Crippen molar-refractivity contribution in [3.05, 3.63) is 62.7 Å². The van der Waals surface area contributed by atoms with Gasteiger partial charge >= 0.3 is 0 Å². The van der Waals surface area contributed by atoms with Crippen LogP contribution in [0.1, 0.15) is 63.8 Å². The van der Waals surface area contributed by atoms with Gasteiger partial charge in [0.15, 0.2) is 0 Å². The summed E-state index contributed by atoms with van der Waals surface area (Å²) in [6.07, 6.45) is 0.777. The van der Waals surface area contributed by atoms with Gasteiger partial charge in [0.25, 0.3) is 5.69 Å². The number of hydrogen-bond acceptors (Lipinski definition) is 2. The molecule has 0 aromatic heterocycles. The molecule has 0 unspecified atom stereocenters. The Labute approximate surface area is 143 Å². The highest BCUT2D eigenvalue weighted by atomic mass is 16.6. The summed E-state index contributed by atoms with van der Waals surface area (Å²) in [6, 6.07) is 10.3. The summed E-state index contributed by atoms with van der Waals surface area (Å²) in [4.78, 5) is 11.4. The third-order valence-corrected chi connectivity index (χ3v) is 4.88. The third-order valence-electron chi connectivity index (χ3n) is 4.88. The van der Waals surface area contributed by atoms with Crippen LogP contribution < -0.4 is 0 Å². The molecule has 3 nitrogen and oxygen atoms in total. The first-order valence-corrected chi connectivity index (χ1v) is 8.44. The van der Waals surface area contributed by atoms with E-state index in [4.69, 9.17) is 0 Å². The summed E-state index contributed by atoms with van der Waals surface area (Å²) in [7, 11) is 0. The molecule has 0 N–H and O–H groups in total. The molecule has 0 saturated heterocycles. The highest BCUT2D eigenvalue weighted by molar-refractivity contribution is 5.85. The standard InChI is InChI=1S/C21H25NO2/c1-20(2,3)15-7-8-17-13(10-15)9-14-11-16(21(4,5)6)12-18(19(14)17)22(23)24/h7-8,10-12H,9H2,1-6H3. The van der Waals surface area contributed by atoms with Gasteiger partial charge in [-0.05, 0) is 45.1 Å². The van der Waals surface area contributed by atoms with Crippen LogP contribution in [0.3, 0.4) is 0 Å². The van der Waals surface area contributed by atoms with Crippen molar-refractivity contribution in [1.82, 2.24) is 0 Å². The number of hydrogen-bond donors (Lipinski definition) is 0. The second-order valence-corrected chi connectivity index (χ2v) is 8.84. The zero-order valence-corrected chi connectivity index (χ0v) is 15.4. The summed E-state index contributed by atoms with van der Waals surface area (Å²) in [5.74, 6) is 0. The van der Waals surface area contributed by atoms with Crippen molar-refractivity contribution in [2.24, 2.45) is 0 Å². The molecule has 2 aromatic carbocycles. The van der Waals surface area contributed by atoms with E-state index >= 15 is 0 Å². The van der Waals surface area contributed by atoms with E-state index in [2.05, 4.69) is 65.8 Å². The number of nitro benzene ring substituents is 1. The predicted molar refractivity (Wildman–Crippen MR) is 98.7 cm³/mol. The molecular formula is C21H25NO2. The van der Waals surface area contributed by atoms with Gasteiger partial charge in [0.2, 0.25) is 0 Å². The Morgan fingerprint density at radius 3 is 2.00 bits per heavy atom. The summed E-state index contributed by atoms with van der Waals surface area (Å²) in [5, 5.41) is 11.7. The van der Waals surface area contributed by atoms with E-state index in [-0.39, 0.29) is 21.4 Å². The summed E-state index contributed by atoms with van der Waals surface area (Å²) in [6.45, 7) is 12.9. The van der Waals surface area contributed by atoms with Crippen LogP contribution >= 0.6 is 0 Å². The van der Waals surface area contributed by atoms with Gasteiger partial charge in [-0.3, -0.25) is 10.1 Å². The predicted octanol–water partition coefficient (Wildman–Crippen LogP) is 5.76. The molecule has 24 heavy (non-hydrogen) atoms. The number of nitro groups is 1. The molecule has 2 aromatic rings. The molecule has 1 aliphatic rings. The molecule has 0 heterocycles. The maximum Gasteiger partial charge on any atom is 0.277 e. The molecule has 1 aliphatic carbocycles. The van der Waals surface area contributed by atoms with Crippen LogP contribution in [0.25, 0.3) is 11.1 Å². The fourth-order valence-corrected chi connectivity index (χ4v) is 3.37. The fourth-order valence-electron chi connectivity index (χ4n) is 3.37. The molecule has 3 rings (SSSR count). The Kier molecular flexibility index (Phi) is 3.59. The summed E-state index contributed by atoms with van der Waals surface area (Å²) in [5.41, 5.74) is 6.61. The van der Waals surface area contributed by atoms with Crippen molar-refractivity contribution in [3.8, 4) is 11.1 Å². The second-order valence-electron chi connectivity index (χ2n) is 8.84. The van der Waals surface area contributed by atoms with E-state index in [1.807, 2.05) is 0 Å². The number of rotatable bonds is 1. The van der Waals surface area contributed by atoms with Crippen LogP contribution in [0.4, 0.5) is 5.69 Å². The minimum atomic E-state index is -0.235. The minimum Gasteiger partial charge on any atom is -0.258 e. The van der Waals surface area contributed by atoms with Gasteiger partial charge in [0.05, 0.1) is 10.5 Å². The maximum atomic E-state index is 11.7. The number of nitrogens with zero attached hydrogens (tertiary/aromatic N) is 1. The van der Waals surface area contributed by atoms with Gasteiger partial charge in [-0.25, -0.2) is 0 Å². The maximum absolute atomic E-state index is 11.7. The first-order chi connectivity index (χ1) is 11.0. The van der Waals surface area contributed by atoms with Gasteiger partial charge < -0.3 is 0 Å². The second kappa shape index (κ2) is 5.17. The minimum absolute atomic E-state index is 0.0757. The average Bonchev–Trinajstić information content (AvgIpc) is 2.81. The molecule has 0 spiro atoms. The van der Waals surface area contributed by atoms with E-state index in [0.29, 0.717) is 0 Å². The lowest BCUT2D eigenvalue weighted by Gasteiger charge is -2.20. The van der Waals surface area contributed by atoms with Gasteiger partial charge in [0, 0.05) is 6.07 Å². The van der Waals surface area contributed by atoms with Crippen LogP contribution in [0, 0.1) is 10.1 Å². The smallest absolute Gasteiger partial charge is 0.258 e. The molecule has 0 fully saturated rings. The number of fused-ring (bicyclic) bond motifs is 3. The lowest BCUT2D eigenvalue weighted by molar-refractivity contribution is -0.384. The van der Waals surface area contributed by atoms with Gasteiger partial charge in [-0.15, -0.1) is 0 Å². The largest absolute Gasteiger partial charge is 0.277 e. The molecule has 3 heteroatoms. The fraction of sp³-hybridized carbons (Fsp3) is 0.429. The Morgan fingerprint density at radius 1 is 0.875 bits per heavy atom. The van der Waals surface area contributed by atoms with Crippen molar-refractivity contribution >= 4 is 5.69 Å². The van der Waals surface area contributed by atoms with Crippen molar-refractivity contribution in [3.63, 3.8) is 0 Å². The molecule has 0 radical (unpaired) electrons. The monoisotopic (exact) mass is 323 g/mol. The lowest BCUT2D eigenvalue weighted by Crippen LogP contribution is -2.12. The SMILES string of the molecule is CC(C)(C)c1ccc2c(c1)Cc1cc(C(C)(C)C)cc([N+](=O)[O-])c1-2. The van der Waals surface area contributed by atoms with E-state index in [1.54, 1.807) is 6.07 Å². The van der Waals surface area contributed by atoms with Crippen molar-refractivity contribution in [2.75, 3.05) is 0 Å². The number of benzene rings is 2. The normalized spacial score (nSPS) is 13.6. The summed E-state index contributed by atoms with van der Waals surface area (Å²) >= 11 is 0.